The van der Waals surface area contributed by atoms with Gasteiger partial charge < -0.3 is 0 Å². The van der Waals surface area contributed by atoms with Crippen LogP contribution in [-0.2, 0) is 14.7 Å². The van der Waals surface area contributed by atoms with Crippen LogP contribution in [0.15, 0.2) is 212 Å². The summed E-state index contributed by atoms with van der Waals surface area (Å²) in [6, 6.07) is 59.4. The van der Waals surface area contributed by atoms with E-state index in [4.69, 9.17) is 5.60 Å². The third-order valence-corrected chi connectivity index (χ3v) is 35.5. The van der Waals surface area contributed by atoms with Crippen LogP contribution in [0.4, 0.5) is 0 Å². The van der Waals surface area contributed by atoms with Gasteiger partial charge in [0, 0.05) is 0 Å². The molecule has 0 radical (unpaired) electrons. The fraction of sp³-hybridized carbons (Fsp3) is 0.0800. The summed E-state index contributed by atoms with van der Waals surface area (Å²) in [5, 5.41) is 0. The number of rotatable bonds is 19. The molecule has 0 fully saturated rings. The molecule has 0 aliphatic heterocycles. The van der Waals surface area contributed by atoms with E-state index in [1.165, 1.54) is 0 Å². The molecule has 0 saturated heterocycles. The Kier molecular flexibility index (Phi) is 13.5. The molecule has 0 heterocycles. The van der Waals surface area contributed by atoms with E-state index in [1.54, 1.807) is 212 Å². The first-order valence-electron chi connectivity index (χ1n) is 19.6. The summed E-state index contributed by atoms with van der Waals surface area (Å²) >= 11 is -6.95. The van der Waals surface area contributed by atoms with Crippen LogP contribution >= 0.6 is 14.7 Å². The van der Waals surface area contributed by atoms with Crippen LogP contribution in [0.3, 0.4) is 0 Å². The molecule has 8 nitrogen and oxygen atoms in total. The third kappa shape index (κ3) is 9.66. The molecule has 0 bridgehead atoms. The monoisotopic (exact) mass is 954 g/mol. The molecule has 0 aliphatic carbocycles. The Balaban J connectivity index is 1.55. The summed E-state index contributed by atoms with van der Waals surface area (Å²) in [7, 11) is -9.28. The minimum absolute atomic E-state index is 0.250. The van der Waals surface area contributed by atoms with E-state index < -0.39 is 80.8 Å². The van der Waals surface area contributed by atoms with Crippen molar-refractivity contribution in [3.05, 3.63) is 235 Å². The number of carbonyl (C=O) groups excluding carboxylic acids is 4. The van der Waals surface area contributed by atoms with Gasteiger partial charge in [0.15, 0.2) is 0 Å². The van der Waals surface area contributed by atoms with Crippen LogP contribution in [0.2, 0.25) is 0 Å². The number of hydrogen-bond acceptors (Lipinski definition) is 8. The van der Waals surface area contributed by atoms with Crippen molar-refractivity contribution in [3.8, 4) is 0 Å². The van der Waals surface area contributed by atoms with E-state index in [1.807, 2.05) is 0 Å². The Labute approximate surface area is 357 Å². The Hall–Kier alpha value is -5.58. The molecule has 0 unspecified atom stereocenters. The number of ketones is 4. The average molecular weight is 956 g/mol. The standard InChI is InChI=1S/2C16H15O4P.3C6H5.Sb/c2*17-15(13-7-3-1-4-8-13)11-21(19,20)12-16(18)14-9-5-2-6-10-14;3*1-2-4-6-5-3-1;/h2*1-10H,11-12H2,(H,19,20);3*1-5H;/q;;;;;+2/p-2. The Morgan fingerprint density at radius 1 is 0.311 bits per heavy atom. The molecule has 7 rings (SSSR count). The maximum absolute atomic E-state index is 16.4. The first kappa shape index (κ1) is 43.5. The third-order valence-electron chi connectivity index (χ3n) is 10.2. The van der Waals surface area contributed by atoms with Crippen molar-refractivity contribution in [2.75, 3.05) is 24.6 Å². The second kappa shape index (κ2) is 19.0. The molecule has 306 valence electrons. The van der Waals surface area contributed by atoms with Crippen molar-refractivity contribution in [1.29, 1.82) is 0 Å². The maximum atomic E-state index is 16.4. The van der Waals surface area contributed by atoms with Gasteiger partial charge in [-0.05, 0) is 0 Å². The van der Waals surface area contributed by atoms with Gasteiger partial charge >= 0.3 is 360 Å². The van der Waals surface area contributed by atoms with Gasteiger partial charge in [-0.3, -0.25) is 0 Å². The molecule has 11 heteroatoms. The fourth-order valence-electron chi connectivity index (χ4n) is 7.37. The van der Waals surface area contributed by atoms with Gasteiger partial charge in [-0.2, -0.15) is 0 Å². The van der Waals surface area contributed by atoms with Crippen molar-refractivity contribution in [1.82, 2.24) is 0 Å². The van der Waals surface area contributed by atoms with Crippen LogP contribution < -0.4 is 10.5 Å². The zero-order valence-corrected chi connectivity index (χ0v) is 37.5. The first-order valence-corrected chi connectivity index (χ1v) is 29.5. The molecule has 0 spiro atoms. The Morgan fingerprint density at radius 2 is 0.492 bits per heavy atom. The summed E-state index contributed by atoms with van der Waals surface area (Å²) in [6.07, 6.45) is -2.88. The predicted molar refractivity (Wildman–Crippen MR) is 244 cm³/mol. The molecule has 0 aromatic heterocycles. The number of Topliss-reactive ketones (excluding diaryl/α,β-unsaturated/α-hetero) is 4. The summed E-state index contributed by atoms with van der Waals surface area (Å²) in [6.45, 7) is 0. The summed E-state index contributed by atoms with van der Waals surface area (Å²) in [4.78, 5) is 57.4. The molecule has 0 amide bonds. The number of benzene rings is 7. The fourth-order valence-corrected chi connectivity index (χ4v) is 38.1. The van der Waals surface area contributed by atoms with Crippen LogP contribution in [0, 0.1) is 0 Å². The van der Waals surface area contributed by atoms with E-state index >= 15 is 9.13 Å². The topological polar surface area (TPSA) is 121 Å². The van der Waals surface area contributed by atoms with Gasteiger partial charge in [0.05, 0.1) is 0 Å². The Bertz CT molecular complexity index is 2370. The summed E-state index contributed by atoms with van der Waals surface area (Å²) in [5.41, 5.74) is 1.000. The van der Waals surface area contributed by atoms with Gasteiger partial charge in [0.1, 0.15) is 0 Å². The second-order valence-electron chi connectivity index (χ2n) is 14.5. The van der Waals surface area contributed by atoms with Crippen LogP contribution in [0.1, 0.15) is 41.4 Å². The number of hydrogen-bond donors (Lipinski definition) is 0. The molecular formula is C50H43O8P2Sb. The molecule has 7 aromatic carbocycles. The molecule has 0 N–H and O–H groups in total. The number of carbonyl (C=O) groups is 4. The normalized spacial score (nSPS) is 12.4. The van der Waals surface area contributed by atoms with Crippen LogP contribution in [-0.4, -0.2) is 66.0 Å². The molecule has 7 aromatic rings. The quantitative estimate of drug-likeness (QED) is 0.0447. The summed E-state index contributed by atoms with van der Waals surface area (Å²) < 4.78 is 48.9. The van der Waals surface area contributed by atoms with Gasteiger partial charge in [0.25, 0.3) is 0 Å². The first-order chi connectivity index (χ1) is 29.5. The zero-order valence-electron chi connectivity index (χ0n) is 33.1. The van der Waals surface area contributed by atoms with Crippen LogP contribution in [0.25, 0.3) is 0 Å². The van der Waals surface area contributed by atoms with Crippen molar-refractivity contribution in [3.63, 3.8) is 0 Å². The summed E-state index contributed by atoms with van der Waals surface area (Å²) in [5.74, 6) is -2.19. The van der Waals surface area contributed by atoms with Crippen molar-refractivity contribution in [2.24, 2.45) is 0 Å². The van der Waals surface area contributed by atoms with E-state index in [0.717, 1.165) is 0 Å². The minimum atomic E-state index is -6.95. The molecule has 0 atom stereocenters. The molecular weight excluding hydrogens is 912 g/mol. The van der Waals surface area contributed by atoms with Crippen molar-refractivity contribution in [2.45, 2.75) is 0 Å². The van der Waals surface area contributed by atoms with Gasteiger partial charge in [-0.1, -0.05) is 0 Å². The molecule has 0 saturated carbocycles. The van der Waals surface area contributed by atoms with Crippen molar-refractivity contribution >= 4 is 66.6 Å². The van der Waals surface area contributed by atoms with Gasteiger partial charge in [-0.25, -0.2) is 0 Å². The van der Waals surface area contributed by atoms with E-state index in [-0.39, 0.29) is 22.3 Å². The SMILES string of the molecule is O=C(CP(=O)(CC(=O)c1ccccc1)[O][Sb]([O]P(=O)(CC(=O)c1ccccc1)CC(=O)c1ccccc1)([c]1ccccc1)([c]1ccccc1)[c]1ccccc1)c1ccccc1. The molecule has 0 aliphatic rings. The van der Waals surface area contributed by atoms with E-state index in [2.05, 4.69) is 0 Å². The van der Waals surface area contributed by atoms with Crippen LogP contribution in [0.5, 0.6) is 0 Å². The predicted octanol–water partition coefficient (Wildman–Crippen LogP) is 9.23. The molecule has 61 heavy (non-hydrogen) atoms. The average Bonchev–Trinajstić information content (AvgIpc) is 3.30. The second-order valence-corrected chi connectivity index (χ2v) is 32.1. The van der Waals surface area contributed by atoms with Gasteiger partial charge in [-0.15, -0.1) is 0 Å². The Morgan fingerprint density at radius 3 is 0.689 bits per heavy atom. The van der Waals surface area contributed by atoms with E-state index in [0.29, 0.717) is 10.5 Å². The zero-order chi connectivity index (χ0) is 42.8. The van der Waals surface area contributed by atoms with Crippen molar-refractivity contribution < 1.29 is 33.9 Å². The van der Waals surface area contributed by atoms with E-state index in [9.17, 15) is 19.2 Å². The van der Waals surface area contributed by atoms with Gasteiger partial charge in [0.2, 0.25) is 0 Å².